The molecule has 0 spiro atoms. The SMILES string of the molecule is O=C(Cn1cnc2ccccc21)NNC(=S)N[C@@H]1O[C@H](CO)[C@H](O)[C@H](O)[C@H]1O. The number of nitrogens with one attached hydrogen (secondary N) is 3. The van der Waals surface area contributed by atoms with Crippen molar-refractivity contribution in [3.05, 3.63) is 30.6 Å². The molecule has 1 aliphatic rings. The van der Waals surface area contributed by atoms with Crippen molar-refractivity contribution in [1.29, 1.82) is 0 Å². The highest BCUT2D eigenvalue weighted by atomic mass is 32.1. The summed E-state index contributed by atoms with van der Waals surface area (Å²) in [6, 6.07) is 7.37. The summed E-state index contributed by atoms with van der Waals surface area (Å²) in [7, 11) is 0. The number of ether oxygens (including phenoxy) is 1. The first-order valence-corrected chi connectivity index (χ1v) is 8.87. The molecule has 3 rings (SSSR count). The zero-order chi connectivity index (χ0) is 20.3. The lowest BCUT2D eigenvalue weighted by Crippen LogP contribution is -2.64. The van der Waals surface area contributed by atoms with Crippen molar-refractivity contribution >= 4 is 34.3 Å². The van der Waals surface area contributed by atoms with Crippen LogP contribution in [0.15, 0.2) is 30.6 Å². The van der Waals surface area contributed by atoms with Gasteiger partial charge in [-0.3, -0.25) is 15.6 Å². The summed E-state index contributed by atoms with van der Waals surface area (Å²) in [4.78, 5) is 16.3. The average Bonchev–Trinajstić information content (AvgIpc) is 3.09. The topological polar surface area (TPSA) is 161 Å². The molecule has 0 bridgehead atoms. The van der Waals surface area contributed by atoms with Crippen LogP contribution in [0.4, 0.5) is 0 Å². The number of imidazole rings is 1. The molecule has 1 amide bonds. The summed E-state index contributed by atoms with van der Waals surface area (Å²) in [5.74, 6) is -0.402. The van der Waals surface area contributed by atoms with Gasteiger partial charge in [0.1, 0.15) is 31.0 Å². The molecule has 2 aromatic rings. The second kappa shape index (κ2) is 8.77. The summed E-state index contributed by atoms with van der Waals surface area (Å²) in [6.07, 6.45) is -5.20. The van der Waals surface area contributed by atoms with Gasteiger partial charge in [-0.1, -0.05) is 12.1 Å². The molecule has 1 aromatic carbocycles. The monoisotopic (exact) mass is 411 g/mol. The number of thiocarbonyl (C=S) groups is 1. The Hall–Kier alpha value is -2.35. The Kier molecular flexibility index (Phi) is 6.39. The number of benzene rings is 1. The lowest BCUT2D eigenvalue weighted by Gasteiger charge is -2.40. The Balaban J connectivity index is 1.50. The van der Waals surface area contributed by atoms with Gasteiger partial charge in [0.15, 0.2) is 11.3 Å². The predicted molar refractivity (Wildman–Crippen MR) is 101 cm³/mol. The number of hydrogen-bond donors (Lipinski definition) is 7. The van der Waals surface area contributed by atoms with Gasteiger partial charge in [0.05, 0.1) is 24.0 Å². The van der Waals surface area contributed by atoms with Crippen LogP contribution >= 0.6 is 12.2 Å². The van der Waals surface area contributed by atoms with Crippen molar-refractivity contribution in [2.24, 2.45) is 0 Å². The van der Waals surface area contributed by atoms with E-state index in [1.54, 1.807) is 10.9 Å². The highest BCUT2D eigenvalue weighted by molar-refractivity contribution is 7.80. The van der Waals surface area contributed by atoms with E-state index in [1.807, 2.05) is 24.3 Å². The zero-order valence-electron chi connectivity index (χ0n) is 14.6. The summed E-state index contributed by atoms with van der Waals surface area (Å²) < 4.78 is 6.93. The van der Waals surface area contributed by atoms with Crippen LogP contribution in [0.25, 0.3) is 11.0 Å². The predicted octanol–water partition coefficient (Wildman–Crippen LogP) is -2.67. The van der Waals surface area contributed by atoms with Gasteiger partial charge in [-0.05, 0) is 24.4 Å². The number of para-hydroxylation sites is 2. The summed E-state index contributed by atoms with van der Waals surface area (Å²) >= 11 is 5.02. The van der Waals surface area contributed by atoms with Crippen LogP contribution in [0.1, 0.15) is 0 Å². The van der Waals surface area contributed by atoms with Crippen LogP contribution in [-0.2, 0) is 16.1 Å². The number of carbonyl (C=O) groups is 1. The Labute approximate surface area is 164 Å². The van der Waals surface area contributed by atoms with E-state index < -0.39 is 43.2 Å². The standard InChI is InChI=1S/C16H21N5O6S/c22-6-10-12(24)13(25)14(26)15(27-10)18-16(28)20-19-11(23)5-21-7-17-8-3-1-2-4-9(8)21/h1-4,7,10,12-15,22,24-26H,5-6H2,(H,19,23)(H2,18,20,28)/t10-,12+,13+,14-,15-/m1/s1. The lowest BCUT2D eigenvalue weighted by molar-refractivity contribution is -0.232. The van der Waals surface area contributed by atoms with E-state index in [2.05, 4.69) is 21.2 Å². The first kappa shape index (κ1) is 20.4. The van der Waals surface area contributed by atoms with Gasteiger partial charge in [0.25, 0.3) is 5.91 Å². The fourth-order valence-corrected chi connectivity index (χ4v) is 3.01. The van der Waals surface area contributed by atoms with Gasteiger partial charge in [-0.2, -0.15) is 0 Å². The molecule has 7 N–H and O–H groups in total. The van der Waals surface area contributed by atoms with Crippen molar-refractivity contribution in [3.8, 4) is 0 Å². The van der Waals surface area contributed by atoms with Crippen LogP contribution in [0.3, 0.4) is 0 Å². The van der Waals surface area contributed by atoms with Crippen LogP contribution < -0.4 is 16.2 Å². The smallest absolute Gasteiger partial charge is 0.258 e. The van der Waals surface area contributed by atoms with Crippen LogP contribution in [-0.4, -0.2) is 78.2 Å². The number of hydrogen-bond acceptors (Lipinski definition) is 8. The van der Waals surface area contributed by atoms with Gasteiger partial charge >= 0.3 is 0 Å². The largest absolute Gasteiger partial charge is 0.394 e. The van der Waals surface area contributed by atoms with Crippen molar-refractivity contribution in [1.82, 2.24) is 25.7 Å². The van der Waals surface area contributed by atoms with Crippen molar-refractivity contribution < 1.29 is 30.0 Å². The molecule has 0 aliphatic carbocycles. The van der Waals surface area contributed by atoms with Crippen LogP contribution in [0.5, 0.6) is 0 Å². The fourth-order valence-electron chi connectivity index (χ4n) is 2.84. The maximum Gasteiger partial charge on any atom is 0.258 e. The number of aromatic nitrogens is 2. The number of nitrogens with zero attached hydrogens (tertiary/aromatic N) is 2. The third-order valence-electron chi connectivity index (χ3n) is 4.32. The normalized spacial score (nSPS) is 27.4. The Bertz CT molecular complexity index is 846. The minimum absolute atomic E-state index is 0.00380. The maximum absolute atomic E-state index is 12.1. The minimum Gasteiger partial charge on any atom is -0.394 e. The molecule has 0 radical (unpaired) electrons. The lowest BCUT2D eigenvalue weighted by atomic mass is 9.98. The highest BCUT2D eigenvalue weighted by Gasteiger charge is 2.43. The van der Waals surface area contributed by atoms with Gasteiger partial charge in [-0.25, -0.2) is 4.98 Å². The van der Waals surface area contributed by atoms with E-state index in [9.17, 15) is 25.2 Å². The first-order chi connectivity index (χ1) is 13.4. The molecule has 1 fully saturated rings. The second-order valence-electron chi connectivity index (χ2n) is 6.26. The number of rotatable bonds is 4. The summed E-state index contributed by atoms with van der Waals surface area (Å²) in [5, 5.41) is 41.1. The number of aliphatic hydroxyl groups is 4. The Morgan fingerprint density at radius 2 is 1.93 bits per heavy atom. The van der Waals surface area contributed by atoms with Gasteiger partial charge < -0.3 is 35.0 Å². The molecule has 1 saturated heterocycles. The third-order valence-corrected chi connectivity index (χ3v) is 4.54. The number of amides is 1. The summed E-state index contributed by atoms with van der Waals surface area (Å²) in [5.41, 5.74) is 6.43. The number of hydrazine groups is 1. The van der Waals surface area contributed by atoms with Crippen molar-refractivity contribution in [2.75, 3.05) is 6.61 Å². The number of fused-ring (bicyclic) bond motifs is 1. The van der Waals surface area contributed by atoms with Gasteiger partial charge in [0, 0.05) is 0 Å². The molecule has 152 valence electrons. The molecule has 12 heteroatoms. The Morgan fingerprint density at radius 3 is 2.68 bits per heavy atom. The number of carbonyl (C=O) groups excluding carboxylic acids is 1. The van der Waals surface area contributed by atoms with E-state index in [-0.39, 0.29) is 11.7 Å². The van der Waals surface area contributed by atoms with E-state index in [1.165, 1.54) is 0 Å². The van der Waals surface area contributed by atoms with Gasteiger partial charge in [-0.15, -0.1) is 0 Å². The van der Waals surface area contributed by atoms with E-state index >= 15 is 0 Å². The highest BCUT2D eigenvalue weighted by Crippen LogP contribution is 2.19. The van der Waals surface area contributed by atoms with Crippen molar-refractivity contribution in [3.63, 3.8) is 0 Å². The molecule has 1 aliphatic heterocycles. The quantitative estimate of drug-likeness (QED) is 0.209. The molecule has 28 heavy (non-hydrogen) atoms. The average molecular weight is 411 g/mol. The molecule has 0 saturated carbocycles. The van der Waals surface area contributed by atoms with E-state index in [0.717, 1.165) is 11.0 Å². The van der Waals surface area contributed by atoms with Crippen molar-refractivity contribution in [2.45, 2.75) is 37.2 Å². The molecular weight excluding hydrogens is 390 g/mol. The number of aliphatic hydroxyl groups excluding tert-OH is 4. The fraction of sp³-hybridized carbons (Fsp3) is 0.438. The molecular formula is C16H21N5O6S. The Morgan fingerprint density at radius 1 is 1.18 bits per heavy atom. The zero-order valence-corrected chi connectivity index (χ0v) is 15.4. The second-order valence-corrected chi connectivity index (χ2v) is 6.67. The van der Waals surface area contributed by atoms with Crippen LogP contribution in [0, 0.1) is 0 Å². The van der Waals surface area contributed by atoms with Gasteiger partial charge in [0.2, 0.25) is 0 Å². The van der Waals surface area contributed by atoms with E-state index in [4.69, 9.17) is 17.0 Å². The van der Waals surface area contributed by atoms with Crippen LogP contribution in [0.2, 0.25) is 0 Å². The molecule has 2 heterocycles. The van der Waals surface area contributed by atoms with E-state index in [0.29, 0.717) is 0 Å². The third kappa shape index (κ3) is 4.38. The molecule has 5 atom stereocenters. The molecule has 11 nitrogen and oxygen atoms in total. The first-order valence-electron chi connectivity index (χ1n) is 8.46. The minimum atomic E-state index is -1.53. The summed E-state index contributed by atoms with van der Waals surface area (Å²) in [6.45, 7) is -0.560. The molecule has 0 unspecified atom stereocenters. The molecule has 1 aromatic heterocycles. The maximum atomic E-state index is 12.1.